The van der Waals surface area contributed by atoms with Gasteiger partial charge >= 0.3 is 0 Å². The SMILES string of the molecule is Cc1cc(C)cc(C(=O)N(C)[C@H](Cc2ccc(-c3ccno3)cc2)C(=O)N[C@@H](Cc2c[nH]c3ccccc23)C(=O)NS(=O)(=O)c2c(C)cccc2C)c1. The number of aryl methyl sites for hydroxylation is 4. The number of aromatic amines is 1. The highest BCUT2D eigenvalue weighted by atomic mass is 32.2. The number of H-pyrrole nitrogens is 1. The summed E-state index contributed by atoms with van der Waals surface area (Å²) in [6.07, 6.45) is 3.35. The Morgan fingerprint density at radius 1 is 0.830 bits per heavy atom. The van der Waals surface area contributed by atoms with E-state index in [1.165, 1.54) is 4.90 Å². The molecule has 2 heterocycles. The number of rotatable bonds is 12. The molecule has 0 bridgehead atoms. The molecule has 2 aromatic heterocycles. The van der Waals surface area contributed by atoms with Gasteiger partial charge in [0.1, 0.15) is 12.1 Å². The van der Waals surface area contributed by atoms with Crippen LogP contribution in [0, 0.1) is 27.7 Å². The molecule has 0 aliphatic heterocycles. The van der Waals surface area contributed by atoms with Crippen LogP contribution in [-0.2, 0) is 32.5 Å². The van der Waals surface area contributed by atoms with E-state index in [1.54, 1.807) is 69.7 Å². The first-order valence-electron chi connectivity index (χ1n) is 17.1. The number of likely N-dealkylation sites (N-methyl/N-ethyl adjacent to an activating group) is 1. The number of aromatic nitrogens is 2. The summed E-state index contributed by atoms with van der Waals surface area (Å²) in [5, 5.41) is 7.43. The third kappa shape index (κ3) is 8.23. The second kappa shape index (κ2) is 15.3. The quantitative estimate of drug-likeness (QED) is 0.140. The Labute approximate surface area is 308 Å². The Morgan fingerprint density at radius 2 is 1.51 bits per heavy atom. The van der Waals surface area contributed by atoms with Crippen LogP contribution in [0.4, 0.5) is 0 Å². The van der Waals surface area contributed by atoms with Gasteiger partial charge in [-0.25, -0.2) is 13.1 Å². The number of sulfonamides is 1. The summed E-state index contributed by atoms with van der Waals surface area (Å²) >= 11 is 0. The zero-order valence-corrected chi connectivity index (χ0v) is 31.0. The lowest BCUT2D eigenvalue weighted by Gasteiger charge is -2.30. The van der Waals surface area contributed by atoms with E-state index in [9.17, 15) is 22.8 Å². The van der Waals surface area contributed by atoms with Crippen LogP contribution in [0.15, 0.2) is 113 Å². The highest BCUT2D eigenvalue weighted by Crippen LogP contribution is 2.24. The fourth-order valence-electron chi connectivity index (χ4n) is 6.72. The van der Waals surface area contributed by atoms with Gasteiger partial charge in [0.05, 0.1) is 11.1 Å². The van der Waals surface area contributed by atoms with Crippen LogP contribution >= 0.6 is 0 Å². The maximum Gasteiger partial charge on any atom is 0.264 e. The molecule has 0 saturated heterocycles. The van der Waals surface area contributed by atoms with Crippen LogP contribution in [0.25, 0.3) is 22.2 Å². The first-order valence-corrected chi connectivity index (χ1v) is 18.6. The Kier molecular flexibility index (Phi) is 10.6. The molecule has 53 heavy (non-hydrogen) atoms. The Bertz CT molecular complexity index is 2360. The molecule has 11 nitrogen and oxygen atoms in total. The van der Waals surface area contributed by atoms with Crippen LogP contribution in [0.5, 0.6) is 0 Å². The lowest BCUT2D eigenvalue weighted by Crippen LogP contribution is -2.56. The van der Waals surface area contributed by atoms with Crippen molar-refractivity contribution in [3.8, 4) is 11.3 Å². The second-order valence-corrected chi connectivity index (χ2v) is 15.0. The van der Waals surface area contributed by atoms with Crippen molar-refractivity contribution in [3.05, 3.63) is 142 Å². The van der Waals surface area contributed by atoms with E-state index in [4.69, 9.17) is 4.52 Å². The van der Waals surface area contributed by atoms with Crippen molar-refractivity contribution in [3.63, 3.8) is 0 Å². The summed E-state index contributed by atoms with van der Waals surface area (Å²) in [5.74, 6) is -1.35. The third-order valence-electron chi connectivity index (χ3n) is 9.31. The molecule has 0 spiro atoms. The van der Waals surface area contributed by atoms with Crippen LogP contribution in [0.3, 0.4) is 0 Å². The predicted octanol–water partition coefficient (Wildman–Crippen LogP) is 5.97. The smallest absolute Gasteiger partial charge is 0.264 e. The van der Waals surface area contributed by atoms with E-state index >= 15 is 0 Å². The summed E-state index contributed by atoms with van der Waals surface area (Å²) < 4.78 is 34.9. The van der Waals surface area contributed by atoms with E-state index < -0.39 is 33.9 Å². The molecular formula is C41H41N5O6S. The van der Waals surface area contributed by atoms with Gasteiger partial charge in [0.15, 0.2) is 5.76 Å². The highest BCUT2D eigenvalue weighted by molar-refractivity contribution is 7.90. The fourth-order valence-corrected chi connectivity index (χ4v) is 8.21. The standard InChI is InChI=1S/C41H41N5O6S/c1-25-19-26(2)21-31(20-25)41(49)46(5)36(22-29-13-15-30(16-14-29)37-17-18-43-52-37)40(48)44-35(23-32-24-42-34-12-7-6-11-33(32)34)39(47)45-53(50,51)38-27(3)9-8-10-28(38)4/h6-21,24,35-36,42H,22-23H2,1-5H3,(H,44,48)(H,45,47)/t35-,36+/m0/s1. The Hall–Kier alpha value is -6.01. The number of amides is 3. The van der Waals surface area contributed by atoms with Gasteiger partial charge in [0.25, 0.3) is 21.8 Å². The third-order valence-corrected chi connectivity index (χ3v) is 11.0. The minimum Gasteiger partial charge on any atom is -0.361 e. The topological polar surface area (TPSA) is 154 Å². The van der Waals surface area contributed by atoms with E-state index in [-0.39, 0.29) is 23.6 Å². The van der Waals surface area contributed by atoms with Gasteiger partial charge in [-0.05, 0) is 68.1 Å². The first kappa shape index (κ1) is 36.8. The van der Waals surface area contributed by atoms with E-state index in [0.29, 0.717) is 28.0 Å². The molecule has 0 fully saturated rings. The van der Waals surface area contributed by atoms with Crippen LogP contribution in [-0.4, -0.2) is 60.3 Å². The molecule has 6 aromatic rings. The molecule has 2 atom stereocenters. The summed E-state index contributed by atoms with van der Waals surface area (Å²) in [6, 6.07) is 24.7. The number of nitrogens with one attached hydrogen (secondary N) is 3. The number of carbonyl (C=O) groups excluding carboxylic acids is 3. The van der Waals surface area contributed by atoms with Crippen molar-refractivity contribution in [2.45, 2.75) is 57.5 Å². The number of hydrogen-bond donors (Lipinski definition) is 3. The number of fused-ring (bicyclic) bond motifs is 1. The molecule has 6 rings (SSSR count). The number of carbonyl (C=O) groups is 3. The van der Waals surface area contributed by atoms with Gasteiger partial charge in [-0.2, -0.15) is 0 Å². The van der Waals surface area contributed by atoms with Crippen LogP contribution in [0.2, 0.25) is 0 Å². The van der Waals surface area contributed by atoms with Crippen LogP contribution in [0.1, 0.15) is 43.7 Å². The van der Waals surface area contributed by atoms with Crippen molar-refractivity contribution in [2.75, 3.05) is 7.05 Å². The zero-order chi connectivity index (χ0) is 37.9. The van der Waals surface area contributed by atoms with Crippen molar-refractivity contribution >= 4 is 38.6 Å². The number of nitrogens with zero attached hydrogens (tertiary/aromatic N) is 2. The normalized spacial score (nSPS) is 12.6. The molecular weight excluding hydrogens is 691 g/mol. The van der Waals surface area contributed by atoms with Gasteiger partial charge < -0.3 is 19.7 Å². The number of benzene rings is 4. The molecule has 0 unspecified atom stereocenters. The zero-order valence-electron chi connectivity index (χ0n) is 30.1. The molecule has 0 aliphatic rings. The van der Waals surface area contributed by atoms with Crippen LogP contribution < -0.4 is 10.0 Å². The monoisotopic (exact) mass is 731 g/mol. The first-order chi connectivity index (χ1) is 25.3. The van der Waals surface area contributed by atoms with Gasteiger partial charge in [0.2, 0.25) is 5.91 Å². The summed E-state index contributed by atoms with van der Waals surface area (Å²) in [4.78, 5) is 47.1. The van der Waals surface area contributed by atoms with Gasteiger partial charge in [-0.1, -0.05) is 83.0 Å². The Morgan fingerprint density at radius 3 is 2.17 bits per heavy atom. The maximum atomic E-state index is 14.5. The highest BCUT2D eigenvalue weighted by Gasteiger charge is 2.34. The lowest BCUT2D eigenvalue weighted by molar-refractivity contribution is -0.130. The number of hydrogen-bond acceptors (Lipinski definition) is 7. The lowest BCUT2D eigenvalue weighted by atomic mass is 9.99. The van der Waals surface area contributed by atoms with Crippen molar-refractivity contribution in [1.29, 1.82) is 0 Å². The van der Waals surface area contributed by atoms with E-state index in [2.05, 4.69) is 20.2 Å². The summed E-state index contributed by atoms with van der Waals surface area (Å²) in [7, 11) is -2.78. The van der Waals surface area contributed by atoms with E-state index in [0.717, 1.165) is 33.2 Å². The average Bonchev–Trinajstić information content (AvgIpc) is 3.80. The molecule has 0 saturated carbocycles. The van der Waals surface area contributed by atoms with Crippen molar-refractivity contribution < 1.29 is 27.3 Å². The van der Waals surface area contributed by atoms with E-state index in [1.807, 2.05) is 68.4 Å². The van der Waals surface area contributed by atoms with Gasteiger partial charge in [-0.3, -0.25) is 14.4 Å². The van der Waals surface area contributed by atoms with Gasteiger partial charge in [0, 0.05) is 54.2 Å². The molecule has 3 amide bonds. The average molecular weight is 732 g/mol. The summed E-state index contributed by atoms with van der Waals surface area (Å²) in [5.41, 5.74) is 6.20. The molecule has 272 valence electrons. The predicted molar refractivity (Wildman–Crippen MR) is 203 cm³/mol. The maximum absolute atomic E-state index is 14.5. The van der Waals surface area contributed by atoms with Crippen molar-refractivity contribution in [2.24, 2.45) is 0 Å². The van der Waals surface area contributed by atoms with Gasteiger partial charge in [-0.15, -0.1) is 0 Å². The molecule has 0 aliphatic carbocycles. The molecule has 3 N–H and O–H groups in total. The molecule has 4 aromatic carbocycles. The minimum absolute atomic E-state index is 0.00375. The second-order valence-electron chi connectivity index (χ2n) is 13.4. The minimum atomic E-state index is -4.32. The summed E-state index contributed by atoms with van der Waals surface area (Å²) in [6.45, 7) is 7.10. The molecule has 0 radical (unpaired) electrons. The Balaban J connectivity index is 1.35. The fraction of sp³-hybridized carbons (Fsp3) is 0.220. The number of para-hydroxylation sites is 1. The largest absolute Gasteiger partial charge is 0.361 e. The molecule has 12 heteroatoms. The van der Waals surface area contributed by atoms with Crippen molar-refractivity contribution in [1.82, 2.24) is 25.1 Å².